The molecule has 1 aromatic rings. The number of aliphatic carboxylic acids is 1. The van der Waals surface area contributed by atoms with E-state index in [2.05, 4.69) is 24.0 Å². The Balaban J connectivity index is 2.00. The number of hydrogen-bond acceptors (Lipinski definition) is 3. The van der Waals surface area contributed by atoms with E-state index in [1.165, 1.54) is 17.1 Å². The highest BCUT2D eigenvalue weighted by molar-refractivity contribution is 7.99. The van der Waals surface area contributed by atoms with Gasteiger partial charge in [-0.25, -0.2) is 0 Å². The summed E-state index contributed by atoms with van der Waals surface area (Å²) >= 11 is 2.02. The van der Waals surface area contributed by atoms with E-state index in [4.69, 9.17) is 5.11 Å². The van der Waals surface area contributed by atoms with Gasteiger partial charge < -0.3 is 5.11 Å². The molecule has 4 heteroatoms. The Labute approximate surface area is 119 Å². The number of carbonyl (C=O) groups is 1. The second kappa shape index (κ2) is 6.44. The van der Waals surface area contributed by atoms with E-state index in [0.29, 0.717) is 6.04 Å². The molecule has 1 heterocycles. The minimum atomic E-state index is -0.769. The van der Waals surface area contributed by atoms with E-state index in [-0.39, 0.29) is 0 Å². The minimum Gasteiger partial charge on any atom is -0.481 e. The summed E-state index contributed by atoms with van der Waals surface area (Å²) in [4.78, 5) is 13.4. The molecular formula is C15H21NO2S. The summed E-state index contributed by atoms with van der Waals surface area (Å²) in [6.07, 6.45) is 0. The lowest BCUT2D eigenvalue weighted by atomic mass is 10.00. The van der Waals surface area contributed by atoms with Gasteiger partial charge in [-0.2, -0.15) is 11.8 Å². The first-order valence-corrected chi connectivity index (χ1v) is 7.87. The molecule has 1 aromatic carbocycles. The SMILES string of the molecule is CC(C(=O)O)c1ccc(CN2CCSCC2C)cc1. The highest BCUT2D eigenvalue weighted by atomic mass is 32.2. The van der Waals surface area contributed by atoms with E-state index in [9.17, 15) is 4.79 Å². The molecule has 0 bridgehead atoms. The maximum Gasteiger partial charge on any atom is 0.310 e. The van der Waals surface area contributed by atoms with Crippen molar-refractivity contribution in [3.05, 3.63) is 35.4 Å². The summed E-state index contributed by atoms with van der Waals surface area (Å²) in [5, 5.41) is 8.99. The first-order valence-electron chi connectivity index (χ1n) is 6.71. The van der Waals surface area contributed by atoms with Gasteiger partial charge in [-0.05, 0) is 25.0 Å². The average Bonchev–Trinajstić information content (AvgIpc) is 2.41. The number of hydrogen-bond donors (Lipinski definition) is 1. The summed E-state index contributed by atoms with van der Waals surface area (Å²) in [6.45, 7) is 6.09. The zero-order chi connectivity index (χ0) is 13.8. The van der Waals surface area contributed by atoms with Crippen LogP contribution in [0.25, 0.3) is 0 Å². The molecule has 1 aliphatic rings. The Morgan fingerprint density at radius 1 is 1.47 bits per heavy atom. The van der Waals surface area contributed by atoms with E-state index in [0.717, 1.165) is 18.7 Å². The van der Waals surface area contributed by atoms with Gasteiger partial charge in [0.05, 0.1) is 5.92 Å². The number of benzene rings is 1. The van der Waals surface area contributed by atoms with Crippen molar-refractivity contribution in [2.75, 3.05) is 18.1 Å². The highest BCUT2D eigenvalue weighted by Crippen LogP contribution is 2.20. The molecule has 0 saturated carbocycles. The van der Waals surface area contributed by atoms with Gasteiger partial charge in [0.25, 0.3) is 0 Å². The van der Waals surface area contributed by atoms with Crippen LogP contribution in [0.4, 0.5) is 0 Å². The Morgan fingerprint density at radius 2 is 2.16 bits per heavy atom. The van der Waals surface area contributed by atoms with E-state index in [1.807, 2.05) is 23.9 Å². The fourth-order valence-electron chi connectivity index (χ4n) is 2.29. The van der Waals surface area contributed by atoms with Gasteiger partial charge in [0.15, 0.2) is 0 Å². The second-order valence-electron chi connectivity index (χ2n) is 5.20. The smallest absolute Gasteiger partial charge is 0.310 e. The molecule has 2 rings (SSSR count). The Morgan fingerprint density at radius 3 is 2.74 bits per heavy atom. The highest BCUT2D eigenvalue weighted by Gasteiger charge is 2.19. The summed E-state index contributed by atoms with van der Waals surface area (Å²) in [7, 11) is 0. The quantitative estimate of drug-likeness (QED) is 0.920. The lowest BCUT2D eigenvalue weighted by molar-refractivity contribution is -0.138. The maximum atomic E-state index is 10.9. The largest absolute Gasteiger partial charge is 0.481 e. The van der Waals surface area contributed by atoms with Crippen LogP contribution in [0.1, 0.15) is 30.9 Å². The molecule has 0 radical (unpaired) electrons. The number of carboxylic acids is 1. The maximum absolute atomic E-state index is 10.9. The molecule has 3 nitrogen and oxygen atoms in total. The van der Waals surface area contributed by atoms with E-state index in [1.54, 1.807) is 6.92 Å². The van der Waals surface area contributed by atoms with Crippen molar-refractivity contribution in [2.45, 2.75) is 32.4 Å². The van der Waals surface area contributed by atoms with E-state index < -0.39 is 11.9 Å². The van der Waals surface area contributed by atoms with Crippen molar-refractivity contribution in [1.29, 1.82) is 0 Å². The van der Waals surface area contributed by atoms with Crippen molar-refractivity contribution < 1.29 is 9.90 Å². The normalized spacial score (nSPS) is 22.1. The van der Waals surface area contributed by atoms with Gasteiger partial charge in [-0.15, -0.1) is 0 Å². The van der Waals surface area contributed by atoms with Crippen molar-refractivity contribution in [3.63, 3.8) is 0 Å². The third-order valence-corrected chi connectivity index (χ3v) is 4.93. The van der Waals surface area contributed by atoms with Crippen LogP contribution in [0, 0.1) is 0 Å². The van der Waals surface area contributed by atoms with Crippen LogP contribution in [-0.4, -0.2) is 40.1 Å². The summed E-state index contributed by atoms with van der Waals surface area (Å²) < 4.78 is 0. The van der Waals surface area contributed by atoms with Crippen LogP contribution >= 0.6 is 11.8 Å². The van der Waals surface area contributed by atoms with Crippen molar-refractivity contribution in [1.82, 2.24) is 4.90 Å². The van der Waals surface area contributed by atoms with Crippen molar-refractivity contribution in [2.24, 2.45) is 0 Å². The number of thioether (sulfide) groups is 1. The number of carboxylic acid groups (broad SMARTS) is 1. The number of rotatable bonds is 4. The minimum absolute atomic E-state index is 0.431. The lowest BCUT2D eigenvalue weighted by Gasteiger charge is -2.33. The number of nitrogens with zero attached hydrogens (tertiary/aromatic N) is 1. The van der Waals surface area contributed by atoms with Crippen molar-refractivity contribution >= 4 is 17.7 Å². The van der Waals surface area contributed by atoms with Crippen LogP contribution in [0.3, 0.4) is 0 Å². The Kier molecular flexibility index (Phi) is 4.88. The topological polar surface area (TPSA) is 40.5 Å². The molecule has 1 aliphatic heterocycles. The zero-order valence-electron chi connectivity index (χ0n) is 11.5. The monoisotopic (exact) mass is 279 g/mol. The molecule has 19 heavy (non-hydrogen) atoms. The summed E-state index contributed by atoms with van der Waals surface area (Å²) in [5.74, 6) is 1.21. The predicted octanol–water partition coefficient (Wildman–Crippen LogP) is 2.81. The van der Waals surface area contributed by atoms with Gasteiger partial charge in [0.1, 0.15) is 0 Å². The van der Waals surface area contributed by atoms with Gasteiger partial charge in [0, 0.05) is 30.6 Å². The third kappa shape index (κ3) is 3.74. The van der Waals surface area contributed by atoms with Crippen LogP contribution in [0.15, 0.2) is 24.3 Å². The molecule has 1 fully saturated rings. The fourth-order valence-corrected chi connectivity index (χ4v) is 3.37. The standard InChI is InChI=1S/C15H21NO2S/c1-11-10-19-8-7-16(11)9-13-3-5-14(6-4-13)12(2)15(17)18/h3-6,11-12H,7-10H2,1-2H3,(H,17,18). The lowest BCUT2D eigenvalue weighted by Crippen LogP contribution is -2.39. The Hall–Kier alpha value is -1.00. The molecular weight excluding hydrogens is 258 g/mol. The Bertz CT molecular complexity index is 432. The first-order chi connectivity index (χ1) is 9.08. The molecule has 0 amide bonds. The zero-order valence-corrected chi connectivity index (χ0v) is 12.3. The summed E-state index contributed by atoms with van der Waals surface area (Å²) in [6, 6.07) is 8.62. The summed E-state index contributed by atoms with van der Waals surface area (Å²) in [5.41, 5.74) is 2.14. The van der Waals surface area contributed by atoms with Crippen LogP contribution in [0.5, 0.6) is 0 Å². The van der Waals surface area contributed by atoms with Crippen LogP contribution in [-0.2, 0) is 11.3 Å². The molecule has 0 spiro atoms. The first kappa shape index (κ1) is 14.4. The van der Waals surface area contributed by atoms with Crippen LogP contribution < -0.4 is 0 Å². The van der Waals surface area contributed by atoms with Crippen molar-refractivity contribution in [3.8, 4) is 0 Å². The van der Waals surface area contributed by atoms with Gasteiger partial charge >= 0.3 is 5.97 Å². The molecule has 2 atom stereocenters. The fraction of sp³-hybridized carbons (Fsp3) is 0.533. The second-order valence-corrected chi connectivity index (χ2v) is 6.35. The molecule has 2 unspecified atom stereocenters. The van der Waals surface area contributed by atoms with Gasteiger partial charge in [-0.1, -0.05) is 24.3 Å². The molecule has 0 aliphatic carbocycles. The van der Waals surface area contributed by atoms with Gasteiger partial charge in [-0.3, -0.25) is 9.69 Å². The van der Waals surface area contributed by atoms with Crippen LogP contribution in [0.2, 0.25) is 0 Å². The molecule has 1 N–H and O–H groups in total. The molecule has 0 aromatic heterocycles. The molecule has 104 valence electrons. The van der Waals surface area contributed by atoms with E-state index >= 15 is 0 Å². The molecule has 1 saturated heterocycles. The average molecular weight is 279 g/mol. The van der Waals surface area contributed by atoms with Gasteiger partial charge in [0.2, 0.25) is 0 Å². The predicted molar refractivity (Wildman–Crippen MR) is 79.7 cm³/mol. The third-order valence-electron chi connectivity index (χ3n) is 3.74.